The molecule has 0 saturated heterocycles. The van der Waals surface area contributed by atoms with Crippen molar-refractivity contribution in [2.75, 3.05) is 0 Å². The normalized spacial score (nSPS) is 17.4. The van der Waals surface area contributed by atoms with E-state index >= 15 is 0 Å². The molecule has 11 heteroatoms. The highest BCUT2D eigenvalue weighted by Crippen LogP contribution is 2.48. The molecule has 0 radical (unpaired) electrons. The van der Waals surface area contributed by atoms with Crippen LogP contribution in [0.1, 0.15) is 36.2 Å². The lowest BCUT2D eigenvalue weighted by Gasteiger charge is -2.37. The summed E-state index contributed by atoms with van der Waals surface area (Å²) in [5.74, 6) is -0.726. The SMILES string of the molecule is CC(C)NC(=O)N[C@@](Cc1ccccc1)(c1ccc2c(c1)C(F)(F)OC(F)(F)O2)c1ccc(I)cn1. The van der Waals surface area contributed by atoms with E-state index in [0.29, 0.717) is 5.69 Å². The Hall–Kier alpha value is -2.93. The zero-order valence-electron chi connectivity index (χ0n) is 19.2. The molecular formula is C25H22F4IN3O3. The number of amides is 2. The third kappa shape index (κ3) is 5.56. The summed E-state index contributed by atoms with van der Waals surface area (Å²) >= 11 is 2.07. The molecule has 0 saturated carbocycles. The molecule has 0 bridgehead atoms. The van der Waals surface area contributed by atoms with Gasteiger partial charge in [0.25, 0.3) is 0 Å². The van der Waals surface area contributed by atoms with Crippen molar-refractivity contribution in [2.24, 2.45) is 0 Å². The smallest absolute Gasteiger partial charge is 0.409 e. The highest BCUT2D eigenvalue weighted by molar-refractivity contribution is 14.1. The number of fused-ring (bicyclic) bond motifs is 1. The summed E-state index contributed by atoms with van der Waals surface area (Å²) in [5.41, 5.74) is -1.05. The summed E-state index contributed by atoms with van der Waals surface area (Å²) in [6, 6.07) is 15.1. The van der Waals surface area contributed by atoms with Gasteiger partial charge in [0, 0.05) is 22.2 Å². The van der Waals surface area contributed by atoms with Crippen LogP contribution < -0.4 is 15.4 Å². The van der Waals surface area contributed by atoms with Crippen molar-refractivity contribution >= 4 is 28.6 Å². The molecule has 0 unspecified atom stereocenters. The van der Waals surface area contributed by atoms with Crippen LogP contribution in [-0.4, -0.2) is 23.4 Å². The lowest BCUT2D eigenvalue weighted by atomic mass is 9.79. The number of alkyl halides is 4. The van der Waals surface area contributed by atoms with Gasteiger partial charge in [-0.05, 0) is 71.8 Å². The van der Waals surface area contributed by atoms with E-state index in [0.717, 1.165) is 21.3 Å². The fourth-order valence-corrected chi connectivity index (χ4v) is 4.33. The molecule has 0 aliphatic carbocycles. The second kappa shape index (κ2) is 9.85. The third-order valence-corrected chi connectivity index (χ3v) is 6.12. The molecule has 2 amide bonds. The van der Waals surface area contributed by atoms with Crippen molar-refractivity contribution in [3.8, 4) is 5.75 Å². The molecule has 1 aliphatic heterocycles. The zero-order chi connectivity index (χ0) is 26.1. The Balaban J connectivity index is 1.94. The molecule has 6 nitrogen and oxygen atoms in total. The molecule has 1 aliphatic rings. The van der Waals surface area contributed by atoms with Gasteiger partial charge in [0.05, 0.1) is 11.3 Å². The second-order valence-corrected chi connectivity index (χ2v) is 9.82. The number of hydrogen-bond donors (Lipinski definition) is 2. The van der Waals surface area contributed by atoms with E-state index in [-0.39, 0.29) is 18.0 Å². The van der Waals surface area contributed by atoms with Gasteiger partial charge in [0.2, 0.25) is 0 Å². The molecule has 2 aromatic carbocycles. The van der Waals surface area contributed by atoms with Crippen LogP contribution >= 0.6 is 22.6 Å². The van der Waals surface area contributed by atoms with Gasteiger partial charge >= 0.3 is 18.4 Å². The molecule has 4 rings (SSSR count). The first-order chi connectivity index (χ1) is 16.9. The van der Waals surface area contributed by atoms with Crippen LogP contribution in [0.5, 0.6) is 5.75 Å². The number of rotatable bonds is 6. The average Bonchev–Trinajstić information content (AvgIpc) is 2.78. The van der Waals surface area contributed by atoms with Gasteiger partial charge in [-0.2, -0.15) is 8.78 Å². The molecule has 1 aromatic heterocycles. The Kier molecular flexibility index (Phi) is 7.15. The minimum absolute atomic E-state index is 0.120. The Bertz CT molecular complexity index is 1240. The van der Waals surface area contributed by atoms with E-state index in [1.54, 1.807) is 44.3 Å². The quantitative estimate of drug-likeness (QED) is 0.268. The first-order valence-corrected chi connectivity index (χ1v) is 12.0. The first-order valence-electron chi connectivity index (χ1n) is 10.9. The standard InChI is InChI=1S/C25H22F4IN3O3/c1-15(2)32-22(34)33-23(13-16-6-4-3-5-7-16,21-11-9-18(30)14-31-21)17-8-10-20-19(12-17)24(26,27)36-25(28,29)35-20/h3-12,14-15H,13H2,1-2H3,(H2,32,33,34)/t23-/m0/s1. The minimum atomic E-state index is -4.49. The number of carbonyl (C=O) groups is 1. The maximum Gasteiger partial charge on any atom is 0.540 e. The predicted molar refractivity (Wildman–Crippen MR) is 132 cm³/mol. The number of benzene rings is 2. The third-order valence-electron chi connectivity index (χ3n) is 5.49. The van der Waals surface area contributed by atoms with Gasteiger partial charge in [-0.15, -0.1) is 8.78 Å². The van der Waals surface area contributed by atoms with Crippen molar-refractivity contribution in [1.29, 1.82) is 0 Å². The number of nitrogens with one attached hydrogen (secondary N) is 2. The molecule has 3 aromatic rings. The van der Waals surface area contributed by atoms with E-state index in [1.165, 1.54) is 6.07 Å². The lowest BCUT2D eigenvalue weighted by Crippen LogP contribution is -2.54. The molecule has 0 spiro atoms. The molecule has 190 valence electrons. The van der Waals surface area contributed by atoms with Crippen LogP contribution in [0, 0.1) is 3.57 Å². The van der Waals surface area contributed by atoms with Crippen LogP contribution in [0.3, 0.4) is 0 Å². The Labute approximate surface area is 218 Å². The van der Waals surface area contributed by atoms with Crippen LogP contribution in [0.25, 0.3) is 0 Å². The number of urea groups is 1. The Morgan fingerprint density at radius 2 is 1.81 bits per heavy atom. The number of aromatic nitrogens is 1. The summed E-state index contributed by atoms with van der Waals surface area (Å²) in [5, 5.41) is 5.67. The number of halogens is 5. The van der Waals surface area contributed by atoms with E-state index < -0.39 is 35.3 Å². The summed E-state index contributed by atoms with van der Waals surface area (Å²) < 4.78 is 65.3. The number of ether oxygens (including phenoxy) is 2. The summed E-state index contributed by atoms with van der Waals surface area (Å²) in [6.07, 6.45) is -7.13. The molecular weight excluding hydrogens is 593 g/mol. The minimum Gasteiger partial charge on any atom is -0.409 e. The van der Waals surface area contributed by atoms with Gasteiger partial charge in [-0.1, -0.05) is 36.4 Å². The first kappa shape index (κ1) is 26.1. The van der Waals surface area contributed by atoms with Gasteiger partial charge in [0.1, 0.15) is 11.3 Å². The predicted octanol–water partition coefficient (Wildman–Crippen LogP) is 5.89. The number of carbonyl (C=O) groups excluding carboxylic acids is 1. The molecule has 0 fully saturated rings. The topological polar surface area (TPSA) is 72.5 Å². The maximum atomic E-state index is 14.7. The van der Waals surface area contributed by atoms with Gasteiger partial charge in [0.15, 0.2) is 0 Å². The van der Waals surface area contributed by atoms with Crippen molar-refractivity contribution in [3.63, 3.8) is 0 Å². The van der Waals surface area contributed by atoms with E-state index in [9.17, 15) is 22.4 Å². The lowest BCUT2D eigenvalue weighted by molar-refractivity contribution is -0.461. The highest BCUT2D eigenvalue weighted by Gasteiger charge is 2.55. The van der Waals surface area contributed by atoms with E-state index in [1.807, 2.05) is 18.2 Å². The fraction of sp³-hybridized carbons (Fsp3) is 0.280. The largest absolute Gasteiger partial charge is 0.540 e. The summed E-state index contributed by atoms with van der Waals surface area (Å²) in [6.45, 7) is 3.55. The second-order valence-electron chi connectivity index (χ2n) is 8.58. The molecule has 36 heavy (non-hydrogen) atoms. The van der Waals surface area contributed by atoms with Gasteiger partial charge in [-0.3, -0.25) is 4.98 Å². The maximum absolute atomic E-state index is 14.7. The van der Waals surface area contributed by atoms with Crippen molar-refractivity contribution < 1.29 is 31.8 Å². The van der Waals surface area contributed by atoms with Gasteiger partial charge < -0.3 is 15.4 Å². The highest BCUT2D eigenvalue weighted by atomic mass is 127. The van der Waals surface area contributed by atoms with Crippen molar-refractivity contribution in [1.82, 2.24) is 15.6 Å². The Morgan fingerprint density at radius 1 is 1.08 bits per heavy atom. The van der Waals surface area contributed by atoms with Crippen LogP contribution in [0.15, 0.2) is 66.9 Å². The van der Waals surface area contributed by atoms with Gasteiger partial charge in [-0.25, -0.2) is 9.53 Å². The fourth-order valence-electron chi connectivity index (χ4n) is 4.01. The van der Waals surface area contributed by atoms with E-state index in [4.69, 9.17) is 0 Å². The zero-order valence-corrected chi connectivity index (χ0v) is 21.4. The van der Waals surface area contributed by atoms with Crippen LogP contribution in [-0.2, 0) is 22.8 Å². The Morgan fingerprint density at radius 3 is 2.44 bits per heavy atom. The molecule has 1 atom stereocenters. The summed E-state index contributed by atoms with van der Waals surface area (Å²) in [7, 11) is 0. The molecule has 2 N–H and O–H groups in total. The number of hydrogen-bond acceptors (Lipinski definition) is 4. The van der Waals surface area contributed by atoms with Crippen molar-refractivity contribution in [3.05, 3.63) is 92.8 Å². The summed E-state index contributed by atoms with van der Waals surface area (Å²) in [4.78, 5) is 17.5. The van der Waals surface area contributed by atoms with E-state index in [2.05, 4.69) is 47.7 Å². The average molecular weight is 615 g/mol. The number of pyridine rings is 1. The van der Waals surface area contributed by atoms with Crippen LogP contribution in [0.2, 0.25) is 0 Å². The number of nitrogens with zero attached hydrogens (tertiary/aromatic N) is 1. The monoisotopic (exact) mass is 615 g/mol. The molecule has 2 heterocycles. The van der Waals surface area contributed by atoms with Crippen molar-refractivity contribution in [2.45, 2.75) is 44.3 Å². The van der Waals surface area contributed by atoms with Crippen LogP contribution in [0.4, 0.5) is 22.4 Å².